The third-order valence-electron chi connectivity index (χ3n) is 2.47. The first-order valence-corrected chi connectivity index (χ1v) is 9.08. The van der Waals surface area contributed by atoms with Gasteiger partial charge in [0.2, 0.25) is 0 Å². The van der Waals surface area contributed by atoms with Gasteiger partial charge in [0.05, 0.1) is 31.1 Å². The van der Waals surface area contributed by atoms with Gasteiger partial charge < -0.3 is 0 Å². The van der Waals surface area contributed by atoms with Crippen molar-refractivity contribution in [3.63, 3.8) is 0 Å². The summed E-state index contributed by atoms with van der Waals surface area (Å²) < 4.78 is 84.9. The van der Waals surface area contributed by atoms with Crippen LogP contribution in [0.2, 0.25) is 0 Å². The van der Waals surface area contributed by atoms with Crippen molar-refractivity contribution < 1.29 is 30.7 Å². The van der Waals surface area contributed by atoms with E-state index < -0.39 is 45.2 Å². The van der Waals surface area contributed by atoms with Crippen LogP contribution >= 0.6 is 0 Å². The maximum absolute atomic E-state index is 11.2. The van der Waals surface area contributed by atoms with Gasteiger partial charge in [-0.1, -0.05) is 12.8 Å². The normalized spacial score (nSPS) is 31.0. The van der Waals surface area contributed by atoms with Gasteiger partial charge in [0.25, 0.3) is 20.2 Å². The Bertz CT molecular complexity index is 547. The summed E-state index contributed by atoms with van der Waals surface area (Å²) >= 11 is 0. The lowest BCUT2D eigenvalue weighted by molar-refractivity contribution is 0.111. The average Bonchev–Trinajstić information content (AvgIpc) is 2.22. The summed E-state index contributed by atoms with van der Waals surface area (Å²) in [5, 5.41) is 0. The Hall–Kier alpha value is -0.180. The second-order valence-electron chi connectivity index (χ2n) is 4.31. The predicted molar refractivity (Wildman–Crippen MR) is 67.0 cm³/mol. The minimum atomic E-state index is -4.09. The standard InChI is InChI=1S/C10H20O6S2/c1-17(11,12)15-7-9-5-3-4-6-10(9)8-16-18(2,13)14/h9-10H,3-8H2,1-2H3/t9-,10-/m0/s1/i7D2,8D2. The molecule has 0 aromatic rings. The van der Waals surface area contributed by atoms with Crippen LogP contribution in [-0.2, 0) is 28.6 Å². The summed E-state index contributed by atoms with van der Waals surface area (Å²) in [6.45, 7) is -5.29. The Morgan fingerprint density at radius 3 is 1.56 bits per heavy atom. The van der Waals surface area contributed by atoms with Gasteiger partial charge in [-0.3, -0.25) is 8.37 Å². The van der Waals surface area contributed by atoms with E-state index in [9.17, 15) is 16.8 Å². The molecule has 0 aromatic heterocycles. The van der Waals surface area contributed by atoms with Crippen LogP contribution < -0.4 is 0 Å². The zero-order chi connectivity index (χ0) is 17.4. The molecule has 8 heteroatoms. The Morgan fingerprint density at radius 1 is 0.944 bits per heavy atom. The molecule has 0 saturated heterocycles. The maximum Gasteiger partial charge on any atom is 0.264 e. The van der Waals surface area contributed by atoms with Crippen LogP contribution in [0.4, 0.5) is 0 Å². The molecule has 0 amide bonds. The van der Waals surface area contributed by atoms with Gasteiger partial charge in [0.1, 0.15) is 0 Å². The molecule has 0 spiro atoms. The second-order valence-corrected chi connectivity index (χ2v) is 7.46. The van der Waals surface area contributed by atoms with E-state index in [0.717, 1.165) is 0 Å². The fraction of sp³-hybridized carbons (Fsp3) is 1.00. The van der Waals surface area contributed by atoms with E-state index >= 15 is 0 Å². The molecule has 18 heavy (non-hydrogen) atoms. The Labute approximate surface area is 115 Å². The zero-order valence-electron chi connectivity index (χ0n) is 14.2. The van der Waals surface area contributed by atoms with Gasteiger partial charge in [-0.25, -0.2) is 0 Å². The quantitative estimate of drug-likeness (QED) is 0.673. The van der Waals surface area contributed by atoms with Gasteiger partial charge in [-0.15, -0.1) is 0 Å². The molecule has 0 aliphatic heterocycles. The highest BCUT2D eigenvalue weighted by atomic mass is 32.2. The molecule has 1 aliphatic carbocycles. The van der Waals surface area contributed by atoms with E-state index in [1.54, 1.807) is 0 Å². The van der Waals surface area contributed by atoms with Crippen LogP contribution in [0.1, 0.15) is 31.2 Å². The molecule has 1 rings (SSSR count). The first-order chi connectivity index (χ1) is 9.64. The zero-order valence-corrected chi connectivity index (χ0v) is 11.9. The average molecular weight is 304 g/mol. The Kier molecular flexibility index (Phi) is 3.71. The third kappa shape index (κ3) is 6.67. The van der Waals surface area contributed by atoms with Gasteiger partial charge in [0, 0.05) is 0 Å². The fourth-order valence-electron chi connectivity index (χ4n) is 1.71. The highest BCUT2D eigenvalue weighted by Gasteiger charge is 2.27. The van der Waals surface area contributed by atoms with Crippen LogP contribution in [0.5, 0.6) is 0 Å². The monoisotopic (exact) mass is 304 g/mol. The van der Waals surface area contributed by atoms with Crippen LogP contribution in [0, 0.1) is 11.8 Å². The molecule has 0 heterocycles. The molecular weight excluding hydrogens is 280 g/mol. The van der Waals surface area contributed by atoms with Crippen molar-refractivity contribution in [3.05, 3.63) is 0 Å². The topological polar surface area (TPSA) is 86.7 Å². The molecule has 0 radical (unpaired) electrons. The third-order valence-corrected chi connectivity index (χ3v) is 3.27. The summed E-state index contributed by atoms with van der Waals surface area (Å²) in [6.07, 6.45) is 2.85. The molecule has 1 saturated carbocycles. The smallest absolute Gasteiger partial charge is 0.264 e. The van der Waals surface area contributed by atoms with Crippen molar-refractivity contribution >= 4 is 20.2 Å². The summed E-state index contributed by atoms with van der Waals surface area (Å²) in [7, 11) is -8.18. The SMILES string of the molecule is [2H]C([2H])(OS(C)(=O)=O)[C@@H]1CCCC[C@H]1C([2H])([2H])OS(C)(=O)=O. The first kappa shape index (κ1) is 10.6. The molecule has 108 valence electrons. The highest BCUT2D eigenvalue weighted by Crippen LogP contribution is 2.31. The lowest BCUT2D eigenvalue weighted by atomic mass is 9.80. The molecule has 6 nitrogen and oxygen atoms in total. The van der Waals surface area contributed by atoms with Crippen LogP contribution in [0.25, 0.3) is 0 Å². The number of rotatable bonds is 6. The molecule has 1 aliphatic rings. The van der Waals surface area contributed by atoms with Crippen LogP contribution in [0.15, 0.2) is 0 Å². The molecule has 0 N–H and O–H groups in total. The summed E-state index contributed by atoms with van der Waals surface area (Å²) in [5.74, 6) is -2.29. The molecule has 0 aromatic carbocycles. The number of hydrogen-bond acceptors (Lipinski definition) is 6. The van der Waals surface area contributed by atoms with Crippen molar-refractivity contribution in [1.29, 1.82) is 0 Å². The van der Waals surface area contributed by atoms with Gasteiger partial charge in [-0.2, -0.15) is 16.8 Å². The van der Waals surface area contributed by atoms with Crippen molar-refractivity contribution in [2.75, 3.05) is 25.6 Å². The lowest BCUT2D eigenvalue weighted by Gasteiger charge is -2.30. The molecule has 0 bridgehead atoms. The largest absolute Gasteiger partial charge is 0.270 e. The van der Waals surface area contributed by atoms with Gasteiger partial charge in [-0.05, 0) is 24.7 Å². The molecular formula is C10H20O6S2. The second kappa shape index (κ2) is 6.31. The lowest BCUT2D eigenvalue weighted by Crippen LogP contribution is -2.29. The minimum absolute atomic E-state index is 0.166. The summed E-state index contributed by atoms with van der Waals surface area (Å²) in [6, 6.07) is 0. The van der Waals surface area contributed by atoms with E-state index in [-0.39, 0.29) is 12.8 Å². The van der Waals surface area contributed by atoms with Crippen molar-refractivity contribution in [3.8, 4) is 0 Å². The van der Waals surface area contributed by atoms with Crippen molar-refractivity contribution in [1.82, 2.24) is 0 Å². The van der Waals surface area contributed by atoms with E-state index in [0.29, 0.717) is 25.4 Å². The molecule has 1 fully saturated rings. The Morgan fingerprint density at radius 2 is 1.28 bits per heavy atom. The van der Waals surface area contributed by atoms with E-state index in [4.69, 9.17) is 5.48 Å². The van der Waals surface area contributed by atoms with Gasteiger partial charge in [0.15, 0.2) is 0 Å². The number of hydrogen-bond donors (Lipinski definition) is 0. The summed E-state index contributed by atoms with van der Waals surface area (Å²) in [4.78, 5) is 0. The Balaban J connectivity index is 3.10. The molecule has 0 unspecified atom stereocenters. The van der Waals surface area contributed by atoms with Crippen LogP contribution in [-0.4, -0.2) is 42.5 Å². The van der Waals surface area contributed by atoms with E-state index in [1.165, 1.54) is 0 Å². The van der Waals surface area contributed by atoms with Crippen LogP contribution in [0.3, 0.4) is 0 Å². The maximum atomic E-state index is 11.2. The van der Waals surface area contributed by atoms with Crippen molar-refractivity contribution in [2.24, 2.45) is 11.8 Å². The molecule has 2 atom stereocenters. The summed E-state index contributed by atoms with van der Waals surface area (Å²) in [5.41, 5.74) is 0. The minimum Gasteiger partial charge on any atom is -0.270 e. The van der Waals surface area contributed by atoms with Gasteiger partial charge >= 0.3 is 0 Å². The van der Waals surface area contributed by atoms with E-state index in [1.807, 2.05) is 0 Å². The highest BCUT2D eigenvalue weighted by molar-refractivity contribution is 7.86. The fourth-order valence-corrected chi connectivity index (χ4v) is 2.31. The van der Waals surface area contributed by atoms with E-state index in [2.05, 4.69) is 8.37 Å². The van der Waals surface area contributed by atoms with Crippen molar-refractivity contribution in [2.45, 2.75) is 25.7 Å². The first-order valence-electron chi connectivity index (χ1n) is 7.45. The predicted octanol–water partition coefficient (Wildman–Crippen LogP) is 0.745.